The third kappa shape index (κ3) is 4.28. The van der Waals surface area contributed by atoms with Crippen molar-refractivity contribution in [3.05, 3.63) is 69.9 Å². The van der Waals surface area contributed by atoms with Crippen LogP contribution >= 0.6 is 11.6 Å². The van der Waals surface area contributed by atoms with E-state index in [0.717, 1.165) is 12.0 Å². The van der Waals surface area contributed by atoms with Crippen LogP contribution in [-0.2, 0) is 16.0 Å². The molecular formula is C20H18ClNO3. The van der Waals surface area contributed by atoms with Crippen molar-refractivity contribution in [2.45, 2.75) is 19.8 Å². The molecule has 0 saturated heterocycles. The van der Waals surface area contributed by atoms with Gasteiger partial charge in [0.1, 0.15) is 5.75 Å². The topological polar surface area (TPSA) is 47.9 Å². The highest BCUT2D eigenvalue weighted by Crippen LogP contribution is 2.27. The molecule has 0 aliphatic carbocycles. The Morgan fingerprint density at radius 1 is 1.16 bits per heavy atom. The zero-order valence-electron chi connectivity index (χ0n) is 14.1. The molecule has 0 fully saturated rings. The van der Waals surface area contributed by atoms with Crippen molar-refractivity contribution in [1.29, 1.82) is 0 Å². The van der Waals surface area contributed by atoms with Crippen molar-refractivity contribution in [1.82, 2.24) is 0 Å². The minimum absolute atomic E-state index is 0.278. The fourth-order valence-corrected chi connectivity index (χ4v) is 2.76. The van der Waals surface area contributed by atoms with Gasteiger partial charge in [0, 0.05) is 6.42 Å². The van der Waals surface area contributed by atoms with Crippen molar-refractivity contribution < 1.29 is 14.3 Å². The van der Waals surface area contributed by atoms with Crippen LogP contribution in [0, 0.1) is 6.92 Å². The van der Waals surface area contributed by atoms with Gasteiger partial charge in [0.25, 0.3) is 0 Å². The minimum atomic E-state index is -0.439. The predicted octanol–water partition coefficient (Wildman–Crippen LogP) is 4.59. The van der Waals surface area contributed by atoms with Crippen molar-refractivity contribution in [3.8, 4) is 5.75 Å². The Hall–Kier alpha value is -2.59. The molecule has 5 heteroatoms. The zero-order chi connectivity index (χ0) is 17.8. The number of methoxy groups -OCH3 is 1. The van der Waals surface area contributed by atoms with Crippen LogP contribution in [0.15, 0.2) is 53.2 Å². The molecule has 0 unspecified atom stereocenters. The van der Waals surface area contributed by atoms with E-state index < -0.39 is 5.97 Å². The number of hydrogen-bond donors (Lipinski definition) is 0. The summed E-state index contributed by atoms with van der Waals surface area (Å²) in [7, 11) is 1.55. The summed E-state index contributed by atoms with van der Waals surface area (Å²) in [6, 6.07) is 13.6. The number of ether oxygens (including phenoxy) is 2. The Labute approximate surface area is 151 Å². The number of rotatable bonds is 5. The fraction of sp³-hybridized carbons (Fsp3) is 0.200. The van der Waals surface area contributed by atoms with E-state index in [1.54, 1.807) is 25.3 Å². The van der Waals surface area contributed by atoms with Gasteiger partial charge in [-0.3, -0.25) is 0 Å². The lowest BCUT2D eigenvalue weighted by Gasteiger charge is -2.03. The van der Waals surface area contributed by atoms with Crippen LogP contribution in [-0.4, -0.2) is 19.0 Å². The summed E-state index contributed by atoms with van der Waals surface area (Å²) in [4.78, 5) is 16.3. The van der Waals surface area contributed by atoms with Gasteiger partial charge in [0.15, 0.2) is 11.6 Å². The normalized spacial score (nSPS) is 15.2. The standard InChI is InChI=1S/C20H18ClNO3/c1-13-3-5-14(6-4-13)8-10-19-22-17(20(23)25-19)12-15-7-9-18(24-2)16(21)11-15/h3-7,9,11-12H,8,10H2,1-2H3/b17-12+. The lowest BCUT2D eigenvalue weighted by molar-refractivity contribution is -0.130. The Balaban J connectivity index is 1.71. The maximum atomic E-state index is 12.0. The summed E-state index contributed by atoms with van der Waals surface area (Å²) in [6.07, 6.45) is 3.01. The molecule has 3 rings (SSSR count). The molecule has 0 bridgehead atoms. The maximum Gasteiger partial charge on any atom is 0.363 e. The van der Waals surface area contributed by atoms with Crippen LogP contribution in [0.4, 0.5) is 0 Å². The van der Waals surface area contributed by atoms with E-state index in [0.29, 0.717) is 23.1 Å². The summed E-state index contributed by atoms with van der Waals surface area (Å²) < 4.78 is 10.4. The molecule has 0 radical (unpaired) electrons. The number of carbonyl (C=O) groups is 1. The van der Waals surface area contributed by atoms with Crippen LogP contribution in [0.25, 0.3) is 6.08 Å². The predicted molar refractivity (Wildman–Crippen MR) is 99.0 cm³/mol. The van der Waals surface area contributed by atoms with E-state index in [2.05, 4.69) is 36.2 Å². The van der Waals surface area contributed by atoms with Gasteiger partial charge in [-0.15, -0.1) is 0 Å². The van der Waals surface area contributed by atoms with E-state index in [-0.39, 0.29) is 5.70 Å². The van der Waals surface area contributed by atoms with Gasteiger partial charge >= 0.3 is 5.97 Å². The van der Waals surface area contributed by atoms with Gasteiger partial charge in [-0.05, 0) is 42.7 Å². The van der Waals surface area contributed by atoms with Crippen LogP contribution < -0.4 is 4.74 Å². The van der Waals surface area contributed by atoms with Crippen molar-refractivity contribution in [2.75, 3.05) is 7.11 Å². The summed E-state index contributed by atoms with van der Waals surface area (Å²) in [5, 5.41) is 0.479. The average Bonchev–Trinajstić information content (AvgIpc) is 2.94. The molecule has 25 heavy (non-hydrogen) atoms. The number of cyclic esters (lactones) is 1. The maximum absolute atomic E-state index is 12.0. The second-order valence-electron chi connectivity index (χ2n) is 5.80. The number of aliphatic imine (C=N–C) groups is 1. The average molecular weight is 356 g/mol. The van der Waals surface area contributed by atoms with E-state index in [1.807, 2.05) is 6.07 Å². The van der Waals surface area contributed by atoms with Crippen molar-refractivity contribution in [2.24, 2.45) is 4.99 Å². The molecule has 0 aromatic heterocycles. The van der Waals surface area contributed by atoms with E-state index in [9.17, 15) is 4.79 Å². The molecule has 0 atom stereocenters. The Bertz CT molecular complexity index is 854. The van der Waals surface area contributed by atoms with E-state index in [1.165, 1.54) is 11.1 Å². The molecule has 0 spiro atoms. The Morgan fingerprint density at radius 3 is 2.60 bits per heavy atom. The fourth-order valence-electron chi connectivity index (χ4n) is 2.50. The van der Waals surface area contributed by atoms with Gasteiger partial charge in [-0.1, -0.05) is 47.5 Å². The highest BCUT2D eigenvalue weighted by molar-refractivity contribution is 6.32. The number of aryl methyl sites for hydroxylation is 2. The molecule has 1 aliphatic rings. The van der Waals surface area contributed by atoms with Gasteiger partial charge in [-0.25, -0.2) is 9.79 Å². The van der Waals surface area contributed by atoms with E-state index >= 15 is 0 Å². The molecule has 2 aromatic rings. The molecule has 0 N–H and O–H groups in total. The van der Waals surface area contributed by atoms with E-state index in [4.69, 9.17) is 21.1 Å². The largest absolute Gasteiger partial charge is 0.495 e. The zero-order valence-corrected chi connectivity index (χ0v) is 14.8. The number of halogens is 1. The van der Waals surface area contributed by atoms with Crippen LogP contribution in [0.2, 0.25) is 5.02 Å². The molecule has 0 amide bonds. The van der Waals surface area contributed by atoms with Gasteiger partial charge in [-0.2, -0.15) is 0 Å². The molecule has 1 heterocycles. The molecular weight excluding hydrogens is 338 g/mol. The minimum Gasteiger partial charge on any atom is -0.495 e. The first-order valence-electron chi connectivity index (χ1n) is 7.95. The molecule has 128 valence electrons. The monoisotopic (exact) mass is 355 g/mol. The highest BCUT2D eigenvalue weighted by Gasteiger charge is 2.22. The Morgan fingerprint density at radius 2 is 1.92 bits per heavy atom. The molecule has 1 aliphatic heterocycles. The quantitative estimate of drug-likeness (QED) is 0.582. The smallest absolute Gasteiger partial charge is 0.363 e. The number of nitrogens with zero attached hydrogens (tertiary/aromatic N) is 1. The van der Waals surface area contributed by atoms with Gasteiger partial charge in [0.05, 0.1) is 12.1 Å². The second kappa shape index (κ2) is 7.53. The number of hydrogen-bond acceptors (Lipinski definition) is 4. The summed E-state index contributed by atoms with van der Waals surface area (Å²) >= 11 is 6.10. The second-order valence-corrected chi connectivity index (χ2v) is 6.21. The molecule has 0 saturated carbocycles. The van der Waals surface area contributed by atoms with Gasteiger partial charge in [0.2, 0.25) is 0 Å². The van der Waals surface area contributed by atoms with Crippen LogP contribution in [0.3, 0.4) is 0 Å². The number of benzene rings is 2. The first kappa shape index (κ1) is 17.2. The third-order valence-electron chi connectivity index (χ3n) is 3.89. The SMILES string of the molecule is COc1ccc(/C=C2/N=C(CCc3ccc(C)cc3)OC2=O)cc1Cl. The molecule has 2 aromatic carbocycles. The van der Waals surface area contributed by atoms with Crippen LogP contribution in [0.5, 0.6) is 5.75 Å². The first-order chi connectivity index (χ1) is 12.0. The summed E-state index contributed by atoms with van der Waals surface area (Å²) in [6.45, 7) is 2.05. The van der Waals surface area contributed by atoms with Gasteiger partial charge < -0.3 is 9.47 Å². The molecule has 4 nitrogen and oxygen atoms in total. The highest BCUT2D eigenvalue weighted by atomic mass is 35.5. The number of carbonyl (C=O) groups excluding carboxylic acids is 1. The van der Waals surface area contributed by atoms with Crippen molar-refractivity contribution >= 4 is 29.5 Å². The lowest BCUT2D eigenvalue weighted by atomic mass is 10.1. The van der Waals surface area contributed by atoms with Crippen molar-refractivity contribution in [3.63, 3.8) is 0 Å². The van der Waals surface area contributed by atoms with Crippen LogP contribution in [0.1, 0.15) is 23.1 Å². The summed E-state index contributed by atoms with van der Waals surface area (Å²) in [5.41, 5.74) is 3.45. The Kier molecular flexibility index (Phi) is 5.19. The third-order valence-corrected chi connectivity index (χ3v) is 4.19. The summed E-state index contributed by atoms with van der Waals surface area (Å²) in [5.74, 6) is 0.586. The lowest BCUT2D eigenvalue weighted by Crippen LogP contribution is -2.05. The number of esters is 1. The first-order valence-corrected chi connectivity index (χ1v) is 8.33.